The molecule has 0 saturated heterocycles. The Labute approximate surface area is 93.0 Å². The lowest BCUT2D eigenvalue weighted by molar-refractivity contribution is 1.24. The summed E-state index contributed by atoms with van der Waals surface area (Å²) >= 11 is 1.39. The van der Waals surface area contributed by atoms with Crippen molar-refractivity contribution in [3.8, 4) is 0 Å². The quantitative estimate of drug-likeness (QED) is 0.363. The van der Waals surface area contributed by atoms with Crippen molar-refractivity contribution in [1.29, 1.82) is 0 Å². The Balaban J connectivity index is 2.48. The number of nitrogens with zero attached hydrogens (tertiary/aromatic N) is 3. The van der Waals surface area contributed by atoms with E-state index in [0.717, 1.165) is 11.3 Å². The number of nitrogens with two attached hydrogens (primary N) is 1. The van der Waals surface area contributed by atoms with E-state index in [2.05, 4.69) is 21.8 Å². The third-order valence-electron chi connectivity index (χ3n) is 1.40. The van der Waals surface area contributed by atoms with Crippen LogP contribution < -0.4 is 5.73 Å². The van der Waals surface area contributed by atoms with Gasteiger partial charge < -0.3 is 5.73 Å². The van der Waals surface area contributed by atoms with Gasteiger partial charge in [-0.15, -0.1) is 11.7 Å². The minimum Gasteiger partial charge on any atom is -0.377 e. The van der Waals surface area contributed by atoms with Crippen LogP contribution in [0.15, 0.2) is 47.4 Å². The summed E-state index contributed by atoms with van der Waals surface area (Å²) in [6.45, 7) is 3.58. The van der Waals surface area contributed by atoms with Crippen LogP contribution in [0.2, 0.25) is 0 Å². The van der Waals surface area contributed by atoms with Gasteiger partial charge in [0.2, 0.25) is 0 Å². The van der Waals surface area contributed by atoms with E-state index in [4.69, 9.17) is 5.73 Å². The van der Waals surface area contributed by atoms with E-state index < -0.39 is 0 Å². The molecule has 0 aromatic carbocycles. The van der Waals surface area contributed by atoms with Gasteiger partial charge in [0.05, 0.1) is 6.21 Å². The van der Waals surface area contributed by atoms with E-state index in [1.807, 2.05) is 12.1 Å². The highest BCUT2D eigenvalue weighted by molar-refractivity contribution is 8.13. The van der Waals surface area contributed by atoms with Crippen molar-refractivity contribution in [3.63, 3.8) is 0 Å². The Bertz CT molecular complexity index is 359. The first-order valence-corrected chi connectivity index (χ1v) is 5.31. The lowest BCUT2D eigenvalue weighted by Crippen LogP contribution is -2.05. The van der Waals surface area contributed by atoms with Gasteiger partial charge >= 0.3 is 0 Å². The molecule has 2 N–H and O–H groups in total. The Morgan fingerprint density at radius 1 is 1.67 bits per heavy atom. The second-order valence-electron chi connectivity index (χ2n) is 2.57. The summed E-state index contributed by atoms with van der Waals surface area (Å²) in [6, 6.07) is 3.72. The number of thioether (sulfide) groups is 1. The first kappa shape index (κ1) is 11.5. The average Bonchev–Trinajstić information content (AvgIpc) is 2.28. The number of pyridine rings is 1. The normalized spacial score (nSPS) is 11.9. The van der Waals surface area contributed by atoms with Crippen LogP contribution in [0.1, 0.15) is 5.56 Å². The predicted octanol–water partition coefficient (Wildman–Crippen LogP) is 1.65. The maximum atomic E-state index is 5.56. The molecule has 1 rings (SSSR count). The fraction of sp³-hybridized carbons (Fsp3) is 0.100. The fourth-order valence-electron chi connectivity index (χ4n) is 0.778. The van der Waals surface area contributed by atoms with Crippen molar-refractivity contribution >= 4 is 23.1 Å². The fourth-order valence-corrected chi connectivity index (χ4v) is 1.17. The molecule has 78 valence electrons. The summed E-state index contributed by atoms with van der Waals surface area (Å²) in [5, 5.41) is 8.07. The molecule has 0 unspecified atom stereocenters. The third-order valence-corrected chi connectivity index (χ3v) is 2.18. The minimum atomic E-state index is 0.426. The second kappa shape index (κ2) is 6.78. The molecule has 0 saturated carbocycles. The molecule has 0 aliphatic rings. The third kappa shape index (κ3) is 4.97. The summed E-state index contributed by atoms with van der Waals surface area (Å²) in [5.74, 6) is 0.734. The van der Waals surface area contributed by atoms with E-state index in [1.165, 1.54) is 11.8 Å². The first-order chi connectivity index (χ1) is 7.33. The van der Waals surface area contributed by atoms with Gasteiger partial charge in [-0.25, -0.2) is 0 Å². The number of aromatic nitrogens is 1. The van der Waals surface area contributed by atoms with Crippen molar-refractivity contribution in [2.75, 3.05) is 5.75 Å². The van der Waals surface area contributed by atoms with Gasteiger partial charge in [0.25, 0.3) is 0 Å². The van der Waals surface area contributed by atoms with Crippen LogP contribution in [-0.4, -0.2) is 22.1 Å². The number of hydrogen-bond acceptors (Lipinski definition) is 4. The number of amidine groups is 1. The largest absolute Gasteiger partial charge is 0.377 e. The Morgan fingerprint density at radius 3 is 3.20 bits per heavy atom. The molecule has 0 bridgehead atoms. The van der Waals surface area contributed by atoms with Gasteiger partial charge in [0.15, 0.2) is 5.17 Å². The van der Waals surface area contributed by atoms with Crippen molar-refractivity contribution < 1.29 is 0 Å². The van der Waals surface area contributed by atoms with Crippen LogP contribution in [0.3, 0.4) is 0 Å². The molecule has 1 heterocycles. The Hall–Kier alpha value is -1.62. The smallest absolute Gasteiger partial charge is 0.180 e. The molecule has 5 heteroatoms. The zero-order valence-corrected chi connectivity index (χ0v) is 9.02. The topological polar surface area (TPSA) is 63.6 Å². The summed E-state index contributed by atoms with van der Waals surface area (Å²) in [5.41, 5.74) is 6.45. The highest BCUT2D eigenvalue weighted by Crippen LogP contribution is 1.99. The highest BCUT2D eigenvalue weighted by Gasteiger charge is 1.89. The maximum absolute atomic E-state index is 5.56. The predicted molar refractivity (Wildman–Crippen MR) is 66.1 cm³/mol. The summed E-state index contributed by atoms with van der Waals surface area (Å²) < 4.78 is 0. The van der Waals surface area contributed by atoms with Gasteiger partial charge in [-0.1, -0.05) is 23.9 Å². The molecule has 0 fully saturated rings. The summed E-state index contributed by atoms with van der Waals surface area (Å²) in [6.07, 6.45) is 6.77. The lowest BCUT2D eigenvalue weighted by Gasteiger charge is -1.92. The van der Waals surface area contributed by atoms with Crippen LogP contribution in [0.4, 0.5) is 0 Å². The molecule has 0 aliphatic heterocycles. The van der Waals surface area contributed by atoms with Crippen LogP contribution in [0, 0.1) is 0 Å². The van der Waals surface area contributed by atoms with E-state index in [9.17, 15) is 0 Å². The molecule has 0 atom stereocenters. The van der Waals surface area contributed by atoms with Crippen LogP contribution in [0.5, 0.6) is 0 Å². The molecular weight excluding hydrogens is 208 g/mol. The van der Waals surface area contributed by atoms with Crippen molar-refractivity contribution in [2.24, 2.45) is 15.9 Å². The van der Waals surface area contributed by atoms with E-state index in [-0.39, 0.29) is 0 Å². The van der Waals surface area contributed by atoms with Gasteiger partial charge in [-0.2, -0.15) is 5.10 Å². The molecule has 1 aromatic rings. The monoisotopic (exact) mass is 220 g/mol. The summed E-state index contributed by atoms with van der Waals surface area (Å²) in [4.78, 5) is 3.94. The molecule has 15 heavy (non-hydrogen) atoms. The molecule has 0 amide bonds. The van der Waals surface area contributed by atoms with Crippen molar-refractivity contribution in [2.45, 2.75) is 0 Å². The first-order valence-electron chi connectivity index (χ1n) is 4.33. The van der Waals surface area contributed by atoms with Gasteiger partial charge in [-0.05, 0) is 6.07 Å². The SMILES string of the molecule is C=CCS/C(N)=N\N=C\c1cccnc1. The van der Waals surface area contributed by atoms with Crippen molar-refractivity contribution in [3.05, 3.63) is 42.7 Å². The van der Waals surface area contributed by atoms with Crippen LogP contribution in [0.25, 0.3) is 0 Å². The Morgan fingerprint density at radius 2 is 2.53 bits per heavy atom. The van der Waals surface area contributed by atoms with Crippen LogP contribution >= 0.6 is 11.8 Å². The highest BCUT2D eigenvalue weighted by atomic mass is 32.2. The standard InChI is InChI=1S/C10H12N4S/c1-2-6-15-10(11)14-13-8-9-4-3-5-12-7-9/h2-5,7-8H,1,6H2,(H2,11,14)/b13-8+. The molecule has 1 aromatic heterocycles. The van der Waals surface area contributed by atoms with Crippen molar-refractivity contribution in [1.82, 2.24) is 4.98 Å². The van der Waals surface area contributed by atoms with Gasteiger partial charge in [-0.3, -0.25) is 4.98 Å². The molecule has 0 spiro atoms. The van der Waals surface area contributed by atoms with Gasteiger partial charge in [0, 0.05) is 23.7 Å². The average molecular weight is 220 g/mol. The zero-order valence-electron chi connectivity index (χ0n) is 8.21. The molecular formula is C10H12N4S. The molecule has 0 aliphatic carbocycles. The molecule has 0 radical (unpaired) electrons. The minimum absolute atomic E-state index is 0.426. The number of rotatable bonds is 4. The number of hydrogen-bond donors (Lipinski definition) is 1. The summed E-state index contributed by atoms with van der Waals surface area (Å²) in [7, 11) is 0. The zero-order chi connectivity index (χ0) is 10.9. The van der Waals surface area contributed by atoms with E-state index >= 15 is 0 Å². The Kier molecular flexibility index (Phi) is 5.18. The van der Waals surface area contributed by atoms with Crippen LogP contribution in [-0.2, 0) is 0 Å². The second-order valence-corrected chi connectivity index (χ2v) is 3.61. The lowest BCUT2D eigenvalue weighted by atomic mass is 10.3. The molecule has 4 nitrogen and oxygen atoms in total. The maximum Gasteiger partial charge on any atom is 0.180 e. The van der Waals surface area contributed by atoms with E-state index in [0.29, 0.717) is 5.17 Å². The van der Waals surface area contributed by atoms with Gasteiger partial charge in [0.1, 0.15) is 0 Å². The van der Waals surface area contributed by atoms with E-state index in [1.54, 1.807) is 24.7 Å².